The molecule has 0 aromatic heterocycles. The average molecular weight is 384 g/mol. The van der Waals surface area contributed by atoms with Gasteiger partial charge in [0.1, 0.15) is 5.75 Å². The number of nitrogens with zero attached hydrogens (tertiary/aromatic N) is 1. The first kappa shape index (κ1) is 17.8. The molecule has 0 N–H and O–H groups in total. The van der Waals surface area contributed by atoms with Crippen LogP contribution in [0.25, 0.3) is 0 Å². The summed E-state index contributed by atoms with van der Waals surface area (Å²) in [6.07, 6.45) is 5.75. The molecule has 0 radical (unpaired) electrons. The molecule has 5 nitrogen and oxygen atoms in total. The van der Waals surface area contributed by atoms with E-state index < -0.39 is 5.97 Å². The molecule has 0 unspecified atom stereocenters. The first-order valence-electron chi connectivity index (χ1n) is 7.90. The van der Waals surface area contributed by atoms with E-state index in [-0.39, 0.29) is 12.5 Å². The summed E-state index contributed by atoms with van der Waals surface area (Å²) in [5, 5.41) is 0. The first-order valence-corrected chi connectivity index (χ1v) is 8.69. The van der Waals surface area contributed by atoms with E-state index in [0.29, 0.717) is 15.8 Å². The fourth-order valence-corrected chi connectivity index (χ4v) is 3.08. The highest BCUT2D eigenvalue weighted by atomic mass is 79.9. The van der Waals surface area contributed by atoms with Crippen LogP contribution in [0.5, 0.6) is 5.75 Å². The van der Waals surface area contributed by atoms with Crippen molar-refractivity contribution < 1.29 is 19.1 Å². The Labute approximate surface area is 145 Å². The van der Waals surface area contributed by atoms with Gasteiger partial charge in [-0.05, 0) is 47.0 Å². The van der Waals surface area contributed by atoms with E-state index >= 15 is 0 Å². The van der Waals surface area contributed by atoms with Crippen molar-refractivity contribution in [3.05, 3.63) is 28.2 Å². The number of methoxy groups -OCH3 is 1. The van der Waals surface area contributed by atoms with Crippen molar-refractivity contribution in [1.82, 2.24) is 4.90 Å². The molecule has 126 valence electrons. The Balaban J connectivity index is 1.91. The molecule has 1 aromatic rings. The number of halogens is 1. The van der Waals surface area contributed by atoms with E-state index in [9.17, 15) is 9.59 Å². The van der Waals surface area contributed by atoms with Gasteiger partial charge in [0, 0.05) is 13.1 Å². The Morgan fingerprint density at radius 2 is 1.78 bits per heavy atom. The quantitative estimate of drug-likeness (QED) is 0.747. The second kappa shape index (κ2) is 8.91. The summed E-state index contributed by atoms with van der Waals surface area (Å²) in [5.41, 5.74) is 0.432. The van der Waals surface area contributed by atoms with Crippen molar-refractivity contribution in [2.75, 3.05) is 26.8 Å². The minimum atomic E-state index is -0.408. The number of ether oxygens (including phenoxy) is 2. The lowest BCUT2D eigenvalue weighted by molar-refractivity contribution is -0.133. The van der Waals surface area contributed by atoms with Gasteiger partial charge in [0.05, 0.1) is 17.1 Å². The summed E-state index contributed by atoms with van der Waals surface area (Å²) in [6.45, 7) is 1.63. The molecule has 0 saturated carbocycles. The van der Waals surface area contributed by atoms with Crippen LogP contribution in [-0.4, -0.2) is 43.6 Å². The molecule has 0 spiro atoms. The maximum Gasteiger partial charge on any atom is 0.337 e. The van der Waals surface area contributed by atoms with Crippen LogP contribution in [0.1, 0.15) is 42.5 Å². The van der Waals surface area contributed by atoms with E-state index in [2.05, 4.69) is 20.7 Å². The van der Waals surface area contributed by atoms with Crippen molar-refractivity contribution in [2.45, 2.75) is 32.1 Å². The van der Waals surface area contributed by atoms with Crippen LogP contribution in [-0.2, 0) is 9.53 Å². The van der Waals surface area contributed by atoms with Crippen molar-refractivity contribution in [1.29, 1.82) is 0 Å². The van der Waals surface area contributed by atoms with Gasteiger partial charge < -0.3 is 14.4 Å². The van der Waals surface area contributed by atoms with Crippen molar-refractivity contribution in [3.63, 3.8) is 0 Å². The predicted molar refractivity (Wildman–Crippen MR) is 90.6 cm³/mol. The Hall–Kier alpha value is -1.56. The molecule has 1 heterocycles. The molecule has 0 aliphatic carbocycles. The van der Waals surface area contributed by atoms with E-state index in [1.807, 2.05) is 4.90 Å². The standard InChI is InChI=1S/C17H22BrNO4/c1-22-17(21)13-7-8-15(14(18)11-13)23-12-16(20)19-9-5-3-2-4-6-10-19/h7-8,11H,2-6,9-10,12H2,1H3. The smallest absolute Gasteiger partial charge is 0.337 e. The highest BCUT2D eigenvalue weighted by molar-refractivity contribution is 9.10. The second-order valence-electron chi connectivity index (χ2n) is 5.57. The van der Waals surface area contributed by atoms with Gasteiger partial charge in [-0.25, -0.2) is 4.79 Å². The van der Waals surface area contributed by atoms with Gasteiger partial charge in [0.15, 0.2) is 6.61 Å². The maximum absolute atomic E-state index is 12.3. The fourth-order valence-electron chi connectivity index (χ4n) is 2.59. The monoisotopic (exact) mass is 383 g/mol. The highest BCUT2D eigenvalue weighted by Crippen LogP contribution is 2.26. The van der Waals surface area contributed by atoms with Crippen molar-refractivity contribution >= 4 is 27.8 Å². The summed E-state index contributed by atoms with van der Waals surface area (Å²) in [4.78, 5) is 25.6. The van der Waals surface area contributed by atoms with Gasteiger partial charge in [-0.15, -0.1) is 0 Å². The van der Waals surface area contributed by atoms with Crippen LogP contribution < -0.4 is 4.74 Å². The maximum atomic E-state index is 12.3. The number of carbonyl (C=O) groups excluding carboxylic acids is 2. The van der Waals surface area contributed by atoms with Gasteiger partial charge in [-0.2, -0.15) is 0 Å². The number of carbonyl (C=O) groups is 2. The largest absolute Gasteiger partial charge is 0.483 e. The van der Waals surface area contributed by atoms with Gasteiger partial charge >= 0.3 is 5.97 Å². The van der Waals surface area contributed by atoms with Crippen LogP contribution in [0, 0.1) is 0 Å². The lowest BCUT2D eigenvalue weighted by Crippen LogP contribution is -2.37. The minimum absolute atomic E-state index is 0.0100. The molecule has 1 saturated heterocycles. The Bertz CT molecular complexity index is 554. The van der Waals surface area contributed by atoms with Gasteiger partial charge in [0.25, 0.3) is 5.91 Å². The SMILES string of the molecule is COC(=O)c1ccc(OCC(=O)N2CCCCCCC2)c(Br)c1. The molecule has 1 aliphatic rings. The Morgan fingerprint density at radius 1 is 1.13 bits per heavy atom. The Kier molecular flexibility index (Phi) is 6.89. The molecule has 1 aliphatic heterocycles. The number of esters is 1. The third-order valence-corrected chi connectivity index (χ3v) is 4.53. The summed E-state index contributed by atoms with van der Waals surface area (Å²) < 4.78 is 10.9. The predicted octanol–water partition coefficient (Wildman–Crippen LogP) is 3.41. The van der Waals surface area contributed by atoms with Crippen LogP contribution in [0.15, 0.2) is 22.7 Å². The molecule has 2 rings (SSSR count). The number of rotatable bonds is 4. The number of hydrogen-bond acceptors (Lipinski definition) is 4. The fraction of sp³-hybridized carbons (Fsp3) is 0.529. The minimum Gasteiger partial charge on any atom is -0.483 e. The van der Waals surface area contributed by atoms with Crippen molar-refractivity contribution in [3.8, 4) is 5.75 Å². The number of amides is 1. The molecular formula is C17H22BrNO4. The number of benzene rings is 1. The van der Waals surface area contributed by atoms with Gasteiger partial charge in [-0.3, -0.25) is 4.79 Å². The molecule has 1 amide bonds. The second-order valence-corrected chi connectivity index (χ2v) is 6.43. The average Bonchev–Trinajstić information content (AvgIpc) is 2.52. The lowest BCUT2D eigenvalue weighted by Gasteiger charge is -2.24. The first-order chi connectivity index (χ1) is 11.1. The summed E-state index contributed by atoms with van der Waals surface area (Å²) in [5.74, 6) is 0.142. The molecule has 0 atom stereocenters. The van der Waals surface area contributed by atoms with Crippen LogP contribution in [0.3, 0.4) is 0 Å². The number of likely N-dealkylation sites (tertiary alicyclic amines) is 1. The summed E-state index contributed by atoms with van der Waals surface area (Å²) in [6, 6.07) is 4.91. The zero-order valence-corrected chi connectivity index (χ0v) is 14.9. The topological polar surface area (TPSA) is 55.8 Å². The molecule has 23 heavy (non-hydrogen) atoms. The summed E-state index contributed by atoms with van der Waals surface area (Å²) in [7, 11) is 1.34. The van der Waals surface area contributed by atoms with E-state index in [1.165, 1.54) is 26.4 Å². The summed E-state index contributed by atoms with van der Waals surface area (Å²) >= 11 is 3.36. The van der Waals surface area contributed by atoms with Gasteiger partial charge in [-0.1, -0.05) is 19.3 Å². The van der Waals surface area contributed by atoms with Crippen LogP contribution in [0.2, 0.25) is 0 Å². The lowest BCUT2D eigenvalue weighted by atomic mass is 10.1. The van der Waals surface area contributed by atoms with Gasteiger partial charge in [0.2, 0.25) is 0 Å². The molecule has 1 fully saturated rings. The van der Waals surface area contributed by atoms with E-state index in [4.69, 9.17) is 4.74 Å². The zero-order valence-electron chi connectivity index (χ0n) is 13.3. The Morgan fingerprint density at radius 3 is 2.39 bits per heavy atom. The van der Waals surface area contributed by atoms with E-state index in [0.717, 1.165) is 25.9 Å². The van der Waals surface area contributed by atoms with Crippen LogP contribution >= 0.6 is 15.9 Å². The molecule has 6 heteroatoms. The normalized spacial score (nSPS) is 15.5. The van der Waals surface area contributed by atoms with E-state index in [1.54, 1.807) is 18.2 Å². The highest BCUT2D eigenvalue weighted by Gasteiger charge is 2.16. The third kappa shape index (κ3) is 5.23. The molecule has 0 bridgehead atoms. The van der Waals surface area contributed by atoms with Crippen molar-refractivity contribution in [2.24, 2.45) is 0 Å². The molecular weight excluding hydrogens is 362 g/mol. The molecule has 1 aromatic carbocycles. The van der Waals surface area contributed by atoms with Crippen LogP contribution in [0.4, 0.5) is 0 Å². The third-order valence-electron chi connectivity index (χ3n) is 3.91. The zero-order chi connectivity index (χ0) is 16.7. The number of hydrogen-bond donors (Lipinski definition) is 0.